The number of carbonyl (C=O) groups excluding carboxylic acids is 1. The highest BCUT2D eigenvalue weighted by Gasteiger charge is 2.26. The number of alkyl halides is 1. The number of unbranched alkanes of at least 4 members (excludes halogenated alkanes) is 3. The molecular formula is C10H19BrN2O. The van der Waals surface area contributed by atoms with Crippen molar-refractivity contribution >= 4 is 21.8 Å². The fourth-order valence-corrected chi connectivity index (χ4v) is 2.37. The summed E-state index contributed by atoms with van der Waals surface area (Å²) in [5.41, 5.74) is 5.40. The minimum atomic E-state index is 0.297. The highest BCUT2D eigenvalue weighted by Crippen LogP contribution is 2.18. The van der Waals surface area contributed by atoms with Gasteiger partial charge in [0.25, 0.3) is 0 Å². The number of hydrogen-bond acceptors (Lipinski definition) is 2. The van der Waals surface area contributed by atoms with Crippen molar-refractivity contribution in [2.75, 3.05) is 19.6 Å². The summed E-state index contributed by atoms with van der Waals surface area (Å²) in [5.74, 6) is 0.297. The van der Waals surface area contributed by atoms with E-state index < -0.39 is 0 Å². The molecule has 1 heterocycles. The van der Waals surface area contributed by atoms with Gasteiger partial charge in [0.15, 0.2) is 0 Å². The molecule has 1 aliphatic rings. The Kier molecular flexibility index (Phi) is 5.48. The van der Waals surface area contributed by atoms with Gasteiger partial charge < -0.3 is 10.6 Å². The number of nitrogens with two attached hydrogens (primary N) is 1. The summed E-state index contributed by atoms with van der Waals surface area (Å²) in [6.07, 6.45) is 5.27. The van der Waals surface area contributed by atoms with E-state index in [0.717, 1.165) is 32.5 Å². The molecule has 0 saturated carbocycles. The predicted molar refractivity (Wildman–Crippen MR) is 61.4 cm³/mol. The minimum absolute atomic E-state index is 0.297. The lowest BCUT2D eigenvalue weighted by Crippen LogP contribution is -2.26. The number of amides is 1. The zero-order valence-electron chi connectivity index (χ0n) is 8.54. The van der Waals surface area contributed by atoms with Crippen LogP contribution in [0, 0.1) is 0 Å². The smallest absolute Gasteiger partial charge is 0.223 e. The monoisotopic (exact) mass is 262 g/mol. The molecule has 82 valence electrons. The Morgan fingerprint density at radius 1 is 1.36 bits per heavy atom. The highest BCUT2D eigenvalue weighted by atomic mass is 79.9. The summed E-state index contributed by atoms with van der Waals surface area (Å²) in [7, 11) is 0. The van der Waals surface area contributed by atoms with Gasteiger partial charge in [-0.2, -0.15) is 0 Å². The van der Waals surface area contributed by atoms with Crippen LogP contribution in [0.4, 0.5) is 0 Å². The van der Waals surface area contributed by atoms with E-state index in [1.807, 2.05) is 4.90 Å². The Bertz CT molecular complexity index is 187. The van der Waals surface area contributed by atoms with E-state index in [0.29, 0.717) is 17.2 Å². The molecule has 1 amide bonds. The molecule has 1 atom stereocenters. The first-order valence-corrected chi connectivity index (χ1v) is 6.27. The lowest BCUT2D eigenvalue weighted by molar-refractivity contribution is -0.127. The van der Waals surface area contributed by atoms with Gasteiger partial charge in [-0.15, -0.1) is 0 Å². The molecule has 0 spiro atoms. The van der Waals surface area contributed by atoms with Gasteiger partial charge in [-0.1, -0.05) is 28.8 Å². The van der Waals surface area contributed by atoms with Crippen LogP contribution in [0.2, 0.25) is 0 Å². The second-order valence-corrected chi connectivity index (χ2v) is 5.14. The average molecular weight is 263 g/mol. The Morgan fingerprint density at radius 2 is 2.07 bits per heavy atom. The van der Waals surface area contributed by atoms with Crippen LogP contribution in [-0.4, -0.2) is 35.3 Å². The van der Waals surface area contributed by atoms with Crippen molar-refractivity contribution in [1.82, 2.24) is 4.90 Å². The molecule has 0 aromatic rings. The Balaban J connectivity index is 2.04. The van der Waals surface area contributed by atoms with Crippen LogP contribution in [0.1, 0.15) is 32.1 Å². The molecule has 1 rings (SSSR count). The molecule has 0 aromatic heterocycles. The lowest BCUT2D eigenvalue weighted by atomic mass is 10.2. The maximum Gasteiger partial charge on any atom is 0.223 e. The Morgan fingerprint density at radius 3 is 2.64 bits per heavy atom. The van der Waals surface area contributed by atoms with Gasteiger partial charge in [-0.3, -0.25) is 4.79 Å². The number of carbonyl (C=O) groups is 1. The lowest BCUT2D eigenvalue weighted by Gasteiger charge is -2.15. The number of likely N-dealkylation sites (tertiary alicyclic amines) is 1. The van der Waals surface area contributed by atoms with E-state index in [1.165, 1.54) is 12.8 Å². The number of nitrogens with zero attached hydrogens (tertiary/aromatic N) is 1. The topological polar surface area (TPSA) is 46.3 Å². The first kappa shape index (κ1) is 12.0. The molecule has 1 fully saturated rings. The van der Waals surface area contributed by atoms with Gasteiger partial charge >= 0.3 is 0 Å². The van der Waals surface area contributed by atoms with Crippen molar-refractivity contribution in [1.29, 1.82) is 0 Å². The zero-order chi connectivity index (χ0) is 10.4. The molecule has 0 bridgehead atoms. The molecule has 14 heavy (non-hydrogen) atoms. The summed E-state index contributed by atoms with van der Waals surface area (Å²) in [5, 5.41) is 0. The number of hydrogen-bond donors (Lipinski definition) is 1. The van der Waals surface area contributed by atoms with Crippen LogP contribution in [0.25, 0.3) is 0 Å². The van der Waals surface area contributed by atoms with Crippen LogP contribution in [-0.2, 0) is 4.79 Å². The molecule has 3 nitrogen and oxygen atoms in total. The van der Waals surface area contributed by atoms with Crippen molar-refractivity contribution < 1.29 is 4.79 Å². The molecule has 0 aromatic carbocycles. The quantitative estimate of drug-likeness (QED) is 0.583. The first-order valence-electron chi connectivity index (χ1n) is 5.36. The maximum absolute atomic E-state index is 11.4. The summed E-state index contributed by atoms with van der Waals surface area (Å²) in [6, 6.07) is 0. The van der Waals surface area contributed by atoms with Crippen LogP contribution in [0.15, 0.2) is 0 Å². The van der Waals surface area contributed by atoms with E-state index >= 15 is 0 Å². The third-order valence-electron chi connectivity index (χ3n) is 2.55. The Labute approximate surface area is 94.1 Å². The summed E-state index contributed by atoms with van der Waals surface area (Å²) in [4.78, 5) is 13.7. The van der Waals surface area contributed by atoms with E-state index in [1.54, 1.807) is 0 Å². The fraction of sp³-hybridized carbons (Fsp3) is 0.900. The van der Waals surface area contributed by atoms with Gasteiger partial charge in [0, 0.05) is 24.3 Å². The molecular weight excluding hydrogens is 244 g/mol. The van der Waals surface area contributed by atoms with Gasteiger partial charge in [-0.05, 0) is 19.4 Å². The normalized spacial score (nSPS) is 22.0. The third-order valence-corrected chi connectivity index (χ3v) is 3.16. The zero-order valence-corrected chi connectivity index (χ0v) is 10.1. The second kappa shape index (κ2) is 6.40. The first-order chi connectivity index (χ1) is 6.74. The maximum atomic E-state index is 11.4. The summed E-state index contributed by atoms with van der Waals surface area (Å²) >= 11 is 3.47. The van der Waals surface area contributed by atoms with Crippen LogP contribution in [0.3, 0.4) is 0 Å². The molecule has 1 aliphatic heterocycles. The van der Waals surface area contributed by atoms with Gasteiger partial charge in [0.1, 0.15) is 0 Å². The standard InChI is InChI=1S/C10H19BrN2O/c11-9-7-10(14)13(8-9)6-4-2-1-3-5-12/h9H,1-8,12H2. The number of rotatable bonds is 6. The van der Waals surface area contributed by atoms with Crippen molar-refractivity contribution in [2.24, 2.45) is 5.73 Å². The average Bonchev–Trinajstić information content (AvgIpc) is 2.45. The van der Waals surface area contributed by atoms with Crippen molar-refractivity contribution in [3.05, 3.63) is 0 Å². The largest absolute Gasteiger partial charge is 0.342 e. The van der Waals surface area contributed by atoms with Crippen molar-refractivity contribution in [3.8, 4) is 0 Å². The Hall–Kier alpha value is -0.0900. The highest BCUT2D eigenvalue weighted by molar-refractivity contribution is 9.09. The second-order valence-electron chi connectivity index (χ2n) is 3.84. The van der Waals surface area contributed by atoms with E-state index in [-0.39, 0.29) is 0 Å². The van der Waals surface area contributed by atoms with Crippen LogP contribution >= 0.6 is 15.9 Å². The number of halogens is 1. The van der Waals surface area contributed by atoms with E-state index in [2.05, 4.69) is 15.9 Å². The SMILES string of the molecule is NCCCCCCN1CC(Br)CC1=O. The summed E-state index contributed by atoms with van der Waals surface area (Å²) in [6.45, 7) is 2.59. The molecule has 0 aliphatic carbocycles. The van der Waals surface area contributed by atoms with Gasteiger partial charge in [0.05, 0.1) is 0 Å². The molecule has 4 heteroatoms. The van der Waals surface area contributed by atoms with E-state index in [9.17, 15) is 4.79 Å². The molecule has 2 N–H and O–H groups in total. The fourth-order valence-electron chi connectivity index (χ4n) is 1.74. The van der Waals surface area contributed by atoms with Crippen molar-refractivity contribution in [2.45, 2.75) is 36.9 Å². The van der Waals surface area contributed by atoms with Gasteiger partial charge in [0.2, 0.25) is 5.91 Å². The predicted octanol–water partition coefficient (Wildman–Crippen LogP) is 1.50. The molecule has 1 unspecified atom stereocenters. The van der Waals surface area contributed by atoms with E-state index in [4.69, 9.17) is 5.73 Å². The third kappa shape index (κ3) is 3.96. The molecule has 0 radical (unpaired) electrons. The van der Waals surface area contributed by atoms with Crippen molar-refractivity contribution in [3.63, 3.8) is 0 Å². The van der Waals surface area contributed by atoms with Gasteiger partial charge in [-0.25, -0.2) is 0 Å². The van der Waals surface area contributed by atoms with Crippen LogP contribution in [0.5, 0.6) is 0 Å². The minimum Gasteiger partial charge on any atom is -0.342 e. The van der Waals surface area contributed by atoms with Crippen LogP contribution < -0.4 is 5.73 Å². The molecule has 1 saturated heterocycles. The summed E-state index contributed by atoms with van der Waals surface area (Å²) < 4.78 is 0.